The second-order valence-electron chi connectivity index (χ2n) is 6.23. The predicted molar refractivity (Wildman–Crippen MR) is 96.8 cm³/mol. The Morgan fingerprint density at radius 3 is 2.92 bits per heavy atom. The lowest BCUT2D eigenvalue weighted by atomic mass is 9.91. The third kappa shape index (κ3) is 2.55. The van der Waals surface area contributed by atoms with E-state index in [9.17, 15) is 9.59 Å². The number of aromatic amines is 1. The normalized spacial score (nSPS) is 16.8. The number of hydrogen-bond acceptors (Lipinski definition) is 3. The standard InChI is InChI=1S/C19H18N2O2S/c1-11-12-5-2-3-8-16(12)24-18(11)19(23)21-15-7-4-6-14-13(15)9-10-17(22)20-14/h2-3,5,8-10,15H,4,6-7H2,1H3,(H,20,22)(H,21,23). The summed E-state index contributed by atoms with van der Waals surface area (Å²) in [5.74, 6) is -0.0299. The Hall–Kier alpha value is -2.40. The fourth-order valence-corrected chi connectivity index (χ4v) is 4.58. The first-order valence-electron chi connectivity index (χ1n) is 8.14. The third-order valence-electron chi connectivity index (χ3n) is 4.69. The van der Waals surface area contributed by atoms with Crippen molar-refractivity contribution in [2.24, 2.45) is 0 Å². The molecule has 1 atom stereocenters. The van der Waals surface area contributed by atoms with Gasteiger partial charge in [-0.3, -0.25) is 9.59 Å². The quantitative estimate of drug-likeness (QED) is 0.748. The molecule has 0 fully saturated rings. The van der Waals surface area contributed by atoms with E-state index in [2.05, 4.69) is 16.4 Å². The first-order chi connectivity index (χ1) is 11.6. The molecule has 0 bridgehead atoms. The minimum absolute atomic E-state index is 0.0299. The predicted octanol–water partition coefficient (Wildman–Crippen LogP) is 3.71. The van der Waals surface area contributed by atoms with Crippen LogP contribution in [0, 0.1) is 6.92 Å². The minimum atomic E-state index is -0.0823. The lowest BCUT2D eigenvalue weighted by molar-refractivity contribution is 0.0936. The maximum Gasteiger partial charge on any atom is 0.262 e. The van der Waals surface area contributed by atoms with Crippen LogP contribution in [0.25, 0.3) is 10.1 Å². The van der Waals surface area contributed by atoms with Crippen molar-refractivity contribution in [2.45, 2.75) is 32.2 Å². The molecule has 0 radical (unpaired) electrons. The van der Waals surface area contributed by atoms with Crippen molar-refractivity contribution in [1.29, 1.82) is 0 Å². The second-order valence-corrected chi connectivity index (χ2v) is 7.28. The number of amides is 1. The number of rotatable bonds is 2. The van der Waals surface area contributed by atoms with Gasteiger partial charge in [0.05, 0.1) is 10.9 Å². The first-order valence-corrected chi connectivity index (χ1v) is 8.96. The fourth-order valence-electron chi connectivity index (χ4n) is 3.46. The number of carbonyl (C=O) groups excluding carboxylic acids is 1. The van der Waals surface area contributed by atoms with Crippen molar-refractivity contribution in [2.75, 3.05) is 0 Å². The van der Waals surface area contributed by atoms with Gasteiger partial charge in [0.15, 0.2) is 0 Å². The zero-order valence-corrected chi connectivity index (χ0v) is 14.2. The molecule has 0 aliphatic heterocycles. The smallest absolute Gasteiger partial charge is 0.262 e. The number of hydrogen-bond donors (Lipinski definition) is 2. The number of H-pyrrole nitrogens is 1. The summed E-state index contributed by atoms with van der Waals surface area (Å²) in [6.07, 6.45) is 2.72. The Morgan fingerprint density at radius 1 is 1.25 bits per heavy atom. The molecule has 1 aliphatic rings. The van der Waals surface area contributed by atoms with Crippen molar-refractivity contribution < 1.29 is 4.79 Å². The van der Waals surface area contributed by atoms with Crippen LogP contribution < -0.4 is 10.9 Å². The van der Waals surface area contributed by atoms with E-state index in [0.29, 0.717) is 0 Å². The molecule has 0 saturated carbocycles. The molecular formula is C19H18N2O2S. The van der Waals surface area contributed by atoms with Gasteiger partial charge >= 0.3 is 0 Å². The van der Waals surface area contributed by atoms with E-state index < -0.39 is 0 Å². The molecule has 1 unspecified atom stereocenters. The van der Waals surface area contributed by atoms with E-state index in [1.807, 2.05) is 31.2 Å². The average Bonchev–Trinajstić information content (AvgIpc) is 2.92. The lowest BCUT2D eigenvalue weighted by Gasteiger charge is -2.25. The van der Waals surface area contributed by atoms with Crippen LogP contribution in [0.3, 0.4) is 0 Å². The SMILES string of the molecule is Cc1c(C(=O)NC2CCCc3[nH]c(=O)ccc32)sc2ccccc12. The number of pyridine rings is 1. The highest BCUT2D eigenvalue weighted by atomic mass is 32.1. The van der Waals surface area contributed by atoms with Gasteiger partial charge < -0.3 is 10.3 Å². The molecule has 3 aromatic rings. The maximum atomic E-state index is 12.8. The molecule has 2 aromatic heterocycles. The van der Waals surface area contributed by atoms with Crippen LogP contribution in [0.4, 0.5) is 0 Å². The zero-order valence-electron chi connectivity index (χ0n) is 13.4. The second kappa shape index (κ2) is 5.91. The number of thiophene rings is 1. The molecule has 5 heteroatoms. The van der Waals surface area contributed by atoms with Crippen LogP contribution in [0.5, 0.6) is 0 Å². The molecule has 122 valence electrons. The summed E-state index contributed by atoms with van der Waals surface area (Å²) in [5.41, 5.74) is 2.94. The highest BCUT2D eigenvalue weighted by Gasteiger charge is 2.24. The molecular weight excluding hydrogens is 320 g/mol. The highest BCUT2D eigenvalue weighted by molar-refractivity contribution is 7.21. The van der Waals surface area contributed by atoms with E-state index in [4.69, 9.17) is 0 Å². The molecule has 2 heterocycles. The number of aryl methyl sites for hydroxylation is 2. The Balaban J connectivity index is 1.65. The largest absolute Gasteiger partial charge is 0.344 e. The van der Waals surface area contributed by atoms with Crippen LogP contribution in [-0.2, 0) is 6.42 Å². The number of nitrogens with one attached hydrogen (secondary N) is 2. The van der Waals surface area contributed by atoms with Crippen molar-refractivity contribution >= 4 is 27.3 Å². The Kier molecular flexibility index (Phi) is 3.73. The molecule has 4 rings (SSSR count). The van der Waals surface area contributed by atoms with Crippen LogP contribution >= 0.6 is 11.3 Å². The molecule has 0 spiro atoms. The molecule has 0 saturated heterocycles. The first kappa shape index (κ1) is 15.1. The fraction of sp³-hybridized carbons (Fsp3) is 0.263. The van der Waals surface area contributed by atoms with Gasteiger partial charge in [0, 0.05) is 16.5 Å². The summed E-state index contributed by atoms with van der Waals surface area (Å²) in [7, 11) is 0. The molecule has 1 amide bonds. The Morgan fingerprint density at radius 2 is 2.08 bits per heavy atom. The van der Waals surface area contributed by atoms with Crippen molar-refractivity contribution in [3.63, 3.8) is 0 Å². The van der Waals surface area contributed by atoms with E-state index in [1.165, 1.54) is 17.4 Å². The molecule has 1 aliphatic carbocycles. The molecule has 2 N–H and O–H groups in total. The van der Waals surface area contributed by atoms with Gasteiger partial charge in [0.25, 0.3) is 5.91 Å². The summed E-state index contributed by atoms with van der Waals surface area (Å²) < 4.78 is 1.13. The van der Waals surface area contributed by atoms with Gasteiger partial charge in [-0.25, -0.2) is 0 Å². The van der Waals surface area contributed by atoms with Crippen LogP contribution in [0.2, 0.25) is 0 Å². The summed E-state index contributed by atoms with van der Waals surface area (Å²) >= 11 is 1.53. The average molecular weight is 338 g/mol. The van der Waals surface area contributed by atoms with Gasteiger partial charge in [-0.05, 0) is 54.8 Å². The van der Waals surface area contributed by atoms with Crippen molar-refractivity contribution in [1.82, 2.24) is 10.3 Å². The number of carbonyl (C=O) groups is 1. The summed E-state index contributed by atoms with van der Waals surface area (Å²) in [6, 6.07) is 11.4. The van der Waals surface area contributed by atoms with Gasteiger partial charge in [0.1, 0.15) is 0 Å². The van der Waals surface area contributed by atoms with E-state index >= 15 is 0 Å². The minimum Gasteiger partial charge on any atom is -0.344 e. The molecule has 24 heavy (non-hydrogen) atoms. The Labute approximate surface area is 143 Å². The Bertz CT molecular complexity index is 986. The van der Waals surface area contributed by atoms with Crippen molar-refractivity contribution in [3.05, 3.63) is 68.4 Å². The van der Waals surface area contributed by atoms with Crippen LogP contribution in [0.15, 0.2) is 41.2 Å². The number of fused-ring (bicyclic) bond motifs is 2. The third-order valence-corrected chi connectivity index (χ3v) is 5.96. The van der Waals surface area contributed by atoms with E-state index in [1.54, 1.807) is 0 Å². The van der Waals surface area contributed by atoms with E-state index in [-0.39, 0.29) is 17.5 Å². The number of benzene rings is 1. The molecule has 1 aromatic carbocycles. The summed E-state index contributed by atoms with van der Waals surface area (Å²) in [5, 5.41) is 4.30. The monoisotopic (exact) mass is 338 g/mol. The van der Waals surface area contributed by atoms with Crippen LogP contribution in [-0.4, -0.2) is 10.9 Å². The zero-order chi connectivity index (χ0) is 16.7. The van der Waals surface area contributed by atoms with E-state index in [0.717, 1.165) is 51.0 Å². The maximum absolute atomic E-state index is 12.8. The summed E-state index contributed by atoms with van der Waals surface area (Å²) in [6.45, 7) is 2.00. The molecule has 4 nitrogen and oxygen atoms in total. The summed E-state index contributed by atoms with van der Waals surface area (Å²) in [4.78, 5) is 28.0. The van der Waals surface area contributed by atoms with Gasteiger partial charge in [0.2, 0.25) is 5.56 Å². The lowest BCUT2D eigenvalue weighted by Crippen LogP contribution is -2.32. The van der Waals surface area contributed by atoms with Crippen LogP contribution in [0.1, 0.15) is 45.4 Å². The van der Waals surface area contributed by atoms with Gasteiger partial charge in [-0.15, -0.1) is 11.3 Å². The number of aromatic nitrogens is 1. The highest BCUT2D eigenvalue weighted by Crippen LogP contribution is 2.32. The van der Waals surface area contributed by atoms with Gasteiger partial charge in [-0.2, -0.15) is 0 Å². The van der Waals surface area contributed by atoms with Gasteiger partial charge in [-0.1, -0.05) is 18.2 Å². The van der Waals surface area contributed by atoms with Crippen molar-refractivity contribution in [3.8, 4) is 0 Å². The topological polar surface area (TPSA) is 62.0 Å².